The SMILES string of the molecule is CCC1(CC)C2=CC=C(S2=C(C(=O)OC)C(=O)C(=O)OC)C(CC)(CC)c2ccc(s2)C(CC)(CC)c2ccc(s2)C(CC)(CC)c2ccc1s2. The topological polar surface area (TPSA) is 69.7 Å². The van der Waals surface area contributed by atoms with E-state index in [9.17, 15) is 14.4 Å². The van der Waals surface area contributed by atoms with Crippen molar-refractivity contribution in [1.82, 2.24) is 0 Å². The average molecular weight is 767 g/mol. The molecule has 0 aromatic carbocycles. The summed E-state index contributed by atoms with van der Waals surface area (Å²) in [5.74, 6) is -2.76. The summed E-state index contributed by atoms with van der Waals surface area (Å²) >= 11 is 5.75. The fraction of sp³-hybridized carbons (Fsp3) is 0.524. The maximum absolute atomic E-state index is 14.1. The molecule has 0 spiro atoms. The molecule has 0 fully saturated rings. The quantitative estimate of drug-likeness (QED) is 0.0841. The number of ketones is 1. The number of Topliss-reactive ketones (excluding diaryl/α,β-unsaturated/α-hetero) is 1. The van der Waals surface area contributed by atoms with E-state index < -0.39 is 39.0 Å². The van der Waals surface area contributed by atoms with Crippen LogP contribution in [-0.2, 0) is 45.5 Å². The molecule has 3 aromatic rings. The first-order valence-corrected chi connectivity index (χ1v) is 22.2. The summed E-state index contributed by atoms with van der Waals surface area (Å²) in [6, 6.07) is 14.0. The van der Waals surface area contributed by atoms with E-state index in [0.29, 0.717) is 0 Å². The molecule has 0 saturated heterocycles. The lowest BCUT2D eigenvalue weighted by atomic mass is 9.77. The van der Waals surface area contributed by atoms with E-state index in [4.69, 9.17) is 9.47 Å². The van der Waals surface area contributed by atoms with Crippen molar-refractivity contribution >= 4 is 67.1 Å². The Kier molecular flexibility index (Phi) is 12.0. The minimum absolute atomic E-state index is 0.135. The third-order valence-corrected chi connectivity index (χ3v) is 19.6. The van der Waals surface area contributed by atoms with Gasteiger partial charge in [-0.1, -0.05) is 67.5 Å². The Morgan fingerprint density at radius 1 is 0.490 bits per heavy atom. The van der Waals surface area contributed by atoms with E-state index in [0.717, 1.165) is 61.2 Å². The first-order valence-electron chi connectivity index (χ1n) is 18.6. The standard InChI is InChI=1S/C42H54O5S4/c1-11-39(12-2)27-19-20-28(48-27)40(13-3,14-4)30-22-24-32(50-30)42(17-7,18-8)34-26-25-33(41(15-5,16-6)31-23-21-29(39)49-31)51(34)36(38(45)47-10)35(43)37(44)46-9/h19-26H,11-18H2,1-10H3. The van der Waals surface area contributed by atoms with Crippen LogP contribution >= 0.6 is 44.5 Å². The van der Waals surface area contributed by atoms with E-state index in [-0.39, 0.29) is 15.7 Å². The van der Waals surface area contributed by atoms with Crippen LogP contribution in [0.25, 0.3) is 0 Å². The predicted molar refractivity (Wildman–Crippen MR) is 218 cm³/mol. The molecule has 0 N–H and O–H groups in total. The smallest absolute Gasteiger partial charge is 0.380 e. The number of fused-ring (bicyclic) bond motifs is 8. The van der Waals surface area contributed by atoms with Crippen molar-refractivity contribution in [2.24, 2.45) is 0 Å². The molecule has 8 bridgehead atoms. The van der Waals surface area contributed by atoms with Gasteiger partial charge in [0.15, 0.2) is 0 Å². The van der Waals surface area contributed by atoms with Crippen molar-refractivity contribution in [2.45, 2.75) is 128 Å². The van der Waals surface area contributed by atoms with Crippen LogP contribution in [0.2, 0.25) is 0 Å². The fourth-order valence-corrected chi connectivity index (χ4v) is 17.2. The summed E-state index contributed by atoms with van der Waals surface area (Å²) < 4.78 is 10.3. The number of ether oxygens (including phenoxy) is 2. The molecule has 2 aliphatic heterocycles. The van der Waals surface area contributed by atoms with Gasteiger partial charge in [0.1, 0.15) is 4.86 Å². The molecule has 0 aliphatic carbocycles. The molecule has 0 amide bonds. The van der Waals surface area contributed by atoms with Crippen LogP contribution in [0.5, 0.6) is 0 Å². The molecule has 5 nitrogen and oxygen atoms in total. The molecule has 0 atom stereocenters. The van der Waals surface area contributed by atoms with Crippen molar-refractivity contribution in [3.63, 3.8) is 0 Å². The Morgan fingerprint density at radius 3 is 1.02 bits per heavy atom. The monoisotopic (exact) mass is 766 g/mol. The van der Waals surface area contributed by atoms with E-state index in [1.807, 2.05) is 34.0 Å². The highest BCUT2D eigenvalue weighted by molar-refractivity contribution is 8.24. The second kappa shape index (κ2) is 15.4. The number of methoxy groups -OCH3 is 2. The van der Waals surface area contributed by atoms with Crippen LogP contribution in [0.15, 0.2) is 58.4 Å². The number of allylic oxidation sites excluding steroid dienone is 4. The number of rotatable bonds is 11. The second-order valence-electron chi connectivity index (χ2n) is 13.7. The molecule has 2 aliphatic rings. The van der Waals surface area contributed by atoms with Gasteiger partial charge in [-0.05, 0) is 97.6 Å². The number of carbonyl (C=O) groups excluding carboxylic acids is 3. The highest BCUT2D eigenvalue weighted by Gasteiger charge is 2.49. The average Bonchev–Trinajstić information content (AvgIpc) is 4.01. The van der Waals surface area contributed by atoms with Crippen LogP contribution in [0.4, 0.5) is 0 Å². The molecule has 0 saturated carbocycles. The number of hydrogen-bond acceptors (Lipinski definition) is 8. The fourth-order valence-electron chi connectivity index (χ4n) is 8.71. The Labute approximate surface area is 319 Å². The molecule has 0 radical (unpaired) electrons. The first-order chi connectivity index (χ1) is 24.5. The molecule has 5 heterocycles. The van der Waals surface area contributed by atoms with Crippen molar-refractivity contribution in [2.75, 3.05) is 14.2 Å². The molecule has 276 valence electrons. The van der Waals surface area contributed by atoms with Gasteiger partial charge in [0.25, 0.3) is 5.78 Å². The lowest BCUT2D eigenvalue weighted by Gasteiger charge is -2.40. The van der Waals surface area contributed by atoms with Crippen LogP contribution in [0.3, 0.4) is 0 Å². The molecule has 5 rings (SSSR count). The highest BCUT2D eigenvalue weighted by atomic mass is 32.2. The summed E-state index contributed by atoms with van der Waals surface area (Å²) in [6.07, 6.45) is 11.3. The predicted octanol–water partition coefficient (Wildman–Crippen LogP) is 11.4. The number of carbonyl (C=O) groups is 3. The van der Waals surface area contributed by atoms with Crippen LogP contribution in [-0.4, -0.2) is 36.8 Å². The van der Waals surface area contributed by atoms with Gasteiger partial charge >= 0.3 is 11.9 Å². The van der Waals surface area contributed by atoms with Crippen molar-refractivity contribution in [3.8, 4) is 0 Å². The molecular formula is C42H54O5S4. The summed E-state index contributed by atoms with van der Waals surface area (Å²) in [4.78, 5) is 51.0. The van der Waals surface area contributed by atoms with Gasteiger partial charge < -0.3 is 9.47 Å². The largest absolute Gasteiger partial charge is 0.465 e. The zero-order chi connectivity index (χ0) is 37.4. The summed E-state index contributed by atoms with van der Waals surface area (Å²) in [5, 5.41) is 0. The molecule has 9 heteroatoms. The second-order valence-corrected chi connectivity index (χ2v) is 18.8. The van der Waals surface area contributed by atoms with Crippen LogP contribution in [0.1, 0.15) is 136 Å². The maximum atomic E-state index is 14.1. The van der Waals surface area contributed by atoms with E-state index in [1.54, 1.807) is 0 Å². The third kappa shape index (κ3) is 5.84. The van der Waals surface area contributed by atoms with Crippen molar-refractivity contribution in [1.29, 1.82) is 0 Å². The van der Waals surface area contributed by atoms with Gasteiger partial charge in [0.05, 0.1) is 14.2 Å². The zero-order valence-electron chi connectivity index (χ0n) is 31.9. The van der Waals surface area contributed by atoms with E-state index >= 15 is 0 Å². The van der Waals surface area contributed by atoms with Crippen LogP contribution < -0.4 is 0 Å². The Balaban J connectivity index is 1.99. The van der Waals surface area contributed by atoms with Gasteiger partial charge in [0, 0.05) is 50.9 Å². The maximum Gasteiger partial charge on any atom is 0.380 e. The Morgan fingerprint density at radius 2 is 0.765 bits per heavy atom. The normalized spacial score (nSPS) is 18.5. The number of esters is 2. The van der Waals surface area contributed by atoms with Gasteiger partial charge in [-0.2, -0.15) is 0 Å². The Bertz CT molecular complexity index is 1770. The van der Waals surface area contributed by atoms with Gasteiger partial charge in [-0.25, -0.2) is 9.59 Å². The number of thiophene rings is 3. The van der Waals surface area contributed by atoms with Crippen molar-refractivity contribution in [3.05, 3.63) is 87.6 Å². The van der Waals surface area contributed by atoms with Gasteiger partial charge in [0.2, 0.25) is 0 Å². The summed E-state index contributed by atoms with van der Waals surface area (Å²) in [5.41, 5.74) is -1.25. The summed E-state index contributed by atoms with van der Waals surface area (Å²) in [7, 11) is 1.29. The van der Waals surface area contributed by atoms with Gasteiger partial charge in [-0.15, -0.1) is 44.5 Å². The highest BCUT2D eigenvalue weighted by Crippen LogP contribution is 2.63. The minimum Gasteiger partial charge on any atom is -0.465 e. The first kappa shape index (κ1) is 39.6. The Hall–Kier alpha value is -2.59. The van der Waals surface area contributed by atoms with Crippen LogP contribution in [0, 0.1) is 0 Å². The minimum atomic E-state index is -1.18. The number of hydrogen-bond donors (Lipinski definition) is 0. The van der Waals surface area contributed by atoms with Crippen molar-refractivity contribution < 1.29 is 23.9 Å². The van der Waals surface area contributed by atoms with E-state index in [2.05, 4.69) is 104 Å². The molecule has 3 aromatic heterocycles. The molecular weight excluding hydrogens is 713 g/mol. The lowest BCUT2D eigenvalue weighted by molar-refractivity contribution is -0.149. The van der Waals surface area contributed by atoms with Gasteiger partial charge in [-0.3, -0.25) is 4.79 Å². The summed E-state index contributed by atoms with van der Waals surface area (Å²) in [6.45, 7) is 18.0. The molecule has 51 heavy (non-hydrogen) atoms. The van der Waals surface area contributed by atoms with E-state index in [1.165, 1.54) is 43.5 Å². The third-order valence-electron chi connectivity index (χ3n) is 12.4. The zero-order valence-corrected chi connectivity index (χ0v) is 35.2. The molecule has 0 unspecified atom stereocenters. The lowest BCUT2D eigenvalue weighted by Crippen LogP contribution is -2.36.